The van der Waals surface area contributed by atoms with Crippen LogP contribution in [0.2, 0.25) is 5.02 Å². The fraction of sp³-hybridized carbons (Fsp3) is 0.346. The van der Waals surface area contributed by atoms with Crippen molar-refractivity contribution in [3.63, 3.8) is 0 Å². The highest BCUT2D eigenvalue weighted by Gasteiger charge is 2.24. The van der Waals surface area contributed by atoms with Crippen molar-refractivity contribution in [2.24, 2.45) is 0 Å². The maximum absolute atomic E-state index is 12.5. The molecule has 3 aromatic rings. The molecule has 1 amide bonds. The van der Waals surface area contributed by atoms with Crippen molar-refractivity contribution in [3.05, 3.63) is 94.0 Å². The van der Waals surface area contributed by atoms with E-state index in [1.165, 1.54) is 5.56 Å². The molecule has 5 nitrogen and oxygen atoms in total. The largest absolute Gasteiger partial charge is 0.349 e. The van der Waals surface area contributed by atoms with Crippen molar-refractivity contribution in [2.45, 2.75) is 38.6 Å². The Kier molecular flexibility index (Phi) is 7.51. The van der Waals surface area contributed by atoms with Crippen LogP contribution in [0.25, 0.3) is 0 Å². The van der Waals surface area contributed by atoms with Crippen LogP contribution >= 0.6 is 11.6 Å². The third-order valence-corrected chi connectivity index (χ3v) is 6.24. The molecule has 1 aliphatic heterocycles. The predicted octanol–water partition coefficient (Wildman–Crippen LogP) is 4.53. The lowest BCUT2D eigenvalue weighted by atomic mass is 9.92. The molecule has 0 saturated carbocycles. The Morgan fingerprint density at radius 1 is 1.19 bits per heavy atom. The molecule has 1 unspecified atom stereocenters. The van der Waals surface area contributed by atoms with Crippen LogP contribution < -0.4 is 5.32 Å². The number of pyridine rings is 2. The minimum atomic E-state index is 0.0351. The van der Waals surface area contributed by atoms with Gasteiger partial charge in [-0.05, 0) is 74.2 Å². The number of piperidine rings is 1. The van der Waals surface area contributed by atoms with Gasteiger partial charge in [-0.25, -0.2) is 0 Å². The first kappa shape index (κ1) is 22.4. The number of halogens is 1. The molecule has 1 N–H and O–H groups in total. The number of rotatable bonds is 7. The van der Waals surface area contributed by atoms with Gasteiger partial charge in [-0.3, -0.25) is 19.7 Å². The first-order valence-corrected chi connectivity index (χ1v) is 11.5. The van der Waals surface area contributed by atoms with Gasteiger partial charge in [0.25, 0.3) is 0 Å². The Bertz CT molecular complexity index is 1060. The van der Waals surface area contributed by atoms with Crippen LogP contribution in [0, 0.1) is 6.92 Å². The molecule has 3 heterocycles. The van der Waals surface area contributed by atoms with Crippen molar-refractivity contribution < 1.29 is 4.79 Å². The number of nitrogens with zero attached hydrogens (tertiary/aromatic N) is 3. The van der Waals surface area contributed by atoms with Crippen molar-refractivity contribution in [3.8, 4) is 0 Å². The van der Waals surface area contributed by atoms with Crippen LogP contribution in [-0.4, -0.2) is 40.4 Å². The molecule has 4 rings (SSSR count). The second kappa shape index (κ2) is 10.7. The number of aryl methyl sites for hydroxylation is 1. The van der Waals surface area contributed by atoms with Crippen LogP contribution in [0.5, 0.6) is 0 Å². The van der Waals surface area contributed by atoms with Crippen LogP contribution in [-0.2, 0) is 17.8 Å². The molecule has 0 aliphatic carbocycles. The second-order valence-corrected chi connectivity index (χ2v) is 8.89. The van der Waals surface area contributed by atoms with E-state index in [1.807, 2.05) is 43.3 Å². The maximum atomic E-state index is 12.5. The topological polar surface area (TPSA) is 58.1 Å². The lowest BCUT2D eigenvalue weighted by molar-refractivity contribution is -0.122. The number of carbonyl (C=O) groups is 1. The van der Waals surface area contributed by atoms with E-state index >= 15 is 0 Å². The summed E-state index contributed by atoms with van der Waals surface area (Å²) in [7, 11) is 0. The zero-order chi connectivity index (χ0) is 22.3. The summed E-state index contributed by atoms with van der Waals surface area (Å²) in [4.78, 5) is 23.8. The van der Waals surface area contributed by atoms with Crippen molar-refractivity contribution in [1.29, 1.82) is 0 Å². The summed E-state index contributed by atoms with van der Waals surface area (Å²) in [5, 5.41) is 3.78. The molecule has 1 atom stereocenters. The number of amides is 1. The molecule has 1 fully saturated rings. The highest BCUT2D eigenvalue weighted by Crippen LogP contribution is 2.28. The number of nitrogens with one attached hydrogen (secondary N) is 1. The Balaban J connectivity index is 1.38. The van der Waals surface area contributed by atoms with Gasteiger partial charge in [0.05, 0.1) is 18.8 Å². The quantitative estimate of drug-likeness (QED) is 0.577. The number of hydrogen-bond acceptors (Lipinski definition) is 4. The van der Waals surface area contributed by atoms with E-state index in [-0.39, 0.29) is 5.91 Å². The third kappa shape index (κ3) is 6.15. The van der Waals surface area contributed by atoms with Crippen LogP contribution in [0.15, 0.2) is 60.8 Å². The molecule has 6 heteroatoms. The van der Waals surface area contributed by atoms with Crippen LogP contribution in [0.4, 0.5) is 0 Å². The Hall–Kier alpha value is -2.76. The fourth-order valence-corrected chi connectivity index (χ4v) is 4.53. The molecule has 166 valence electrons. The molecular formula is C26H29ClN4O. The van der Waals surface area contributed by atoms with Crippen LogP contribution in [0.3, 0.4) is 0 Å². The minimum Gasteiger partial charge on any atom is -0.349 e. The van der Waals surface area contributed by atoms with Crippen molar-refractivity contribution >= 4 is 17.5 Å². The van der Waals surface area contributed by atoms with Crippen LogP contribution in [0.1, 0.15) is 47.0 Å². The van der Waals surface area contributed by atoms with Gasteiger partial charge in [0.15, 0.2) is 0 Å². The summed E-state index contributed by atoms with van der Waals surface area (Å²) in [6.45, 7) is 4.69. The smallest absolute Gasteiger partial charge is 0.234 e. The predicted molar refractivity (Wildman–Crippen MR) is 128 cm³/mol. The van der Waals surface area contributed by atoms with Gasteiger partial charge in [0, 0.05) is 35.1 Å². The third-order valence-electron chi connectivity index (χ3n) is 5.87. The normalized spacial score (nSPS) is 16.6. The number of benzene rings is 1. The van der Waals surface area contributed by atoms with E-state index < -0.39 is 0 Å². The minimum absolute atomic E-state index is 0.0351. The Morgan fingerprint density at radius 2 is 2.03 bits per heavy atom. The van der Waals surface area contributed by atoms with Crippen molar-refractivity contribution in [1.82, 2.24) is 20.2 Å². The van der Waals surface area contributed by atoms with E-state index in [4.69, 9.17) is 16.6 Å². The first-order valence-electron chi connectivity index (χ1n) is 11.2. The molecule has 0 bridgehead atoms. The molecule has 1 saturated heterocycles. The lowest BCUT2D eigenvalue weighted by Crippen LogP contribution is -2.42. The van der Waals surface area contributed by atoms with E-state index in [0.717, 1.165) is 60.0 Å². The summed E-state index contributed by atoms with van der Waals surface area (Å²) >= 11 is 6.37. The zero-order valence-electron chi connectivity index (χ0n) is 18.4. The summed E-state index contributed by atoms with van der Waals surface area (Å²) < 4.78 is 0. The number of carbonyl (C=O) groups excluding carboxylic acids is 1. The summed E-state index contributed by atoms with van der Waals surface area (Å²) in [5.41, 5.74) is 5.36. The van der Waals surface area contributed by atoms with Gasteiger partial charge in [-0.15, -0.1) is 0 Å². The van der Waals surface area contributed by atoms with E-state index in [1.54, 1.807) is 6.20 Å². The highest BCUT2D eigenvalue weighted by atomic mass is 35.5. The zero-order valence-corrected chi connectivity index (χ0v) is 19.2. The Morgan fingerprint density at radius 3 is 2.84 bits per heavy atom. The van der Waals surface area contributed by atoms with E-state index in [9.17, 15) is 4.79 Å². The average Bonchev–Trinajstić information content (AvgIpc) is 2.80. The SMILES string of the molecule is Cc1cc(Cc2ccccc2Cl)cc(C2CCCN(CC(=O)NCc3ccccn3)C2)n1. The van der Waals surface area contributed by atoms with Gasteiger partial charge in [-0.2, -0.15) is 0 Å². The Labute approximate surface area is 194 Å². The molecule has 2 aromatic heterocycles. The number of likely N-dealkylation sites (tertiary alicyclic amines) is 1. The van der Waals surface area contributed by atoms with Crippen molar-refractivity contribution in [2.75, 3.05) is 19.6 Å². The summed E-state index contributed by atoms with van der Waals surface area (Å²) in [6.07, 6.45) is 4.69. The highest BCUT2D eigenvalue weighted by molar-refractivity contribution is 6.31. The standard InChI is InChI=1S/C26H29ClN4O/c1-19-13-20(14-21-7-2-3-10-24(21)27)15-25(30-19)22-8-6-12-31(17-22)18-26(32)29-16-23-9-4-5-11-28-23/h2-5,7,9-11,13,15,22H,6,8,12,14,16-18H2,1H3,(H,29,32). The number of aromatic nitrogens is 2. The van der Waals surface area contributed by atoms with Gasteiger partial charge in [-0.1, -0.05) is 35.9 Å². The summed E-state index contributed by atoms with van der Waals surface area (Å²) in [6, 6.07) is 18.1. The molecule has 1 aliphatic rings. The second-order valence-electron chi connectivity index (χ2n) is 8.48. The molecule has 1 aromatic carbocycles. The fourth-order valence-electron chi connectivity index (χ4n) is 4.33. The molecule has 0 radical (unpaired) electrons. The van der Waals surface area contributed by atoms with E-state index in [0.29, 0.717) is 19.0 Å². The van der Waals surface area contributed by atoms with Gasteiger partial charge >= 0.3 is 0 Å². The van der Waals surface area contributed by atoms with Gasteiger partial charge in [0.1, 0.15) is 0 Å². The van der Waals surface area contributed by atoms with Gasteiger partial charge in [0.2, 0.25) is 5.91 Å². The van der Waals surface area contributed by atoms with E-state index in [2.05, 4.69) is 33.4 Å². The summed E-state index contributed by atoms with van der Waals surface area (Å²) in [5.74, 6) is 0.366. The molecule has 32 heavy (non-hydrogen) atoms. The molecular weight excluding hydrogens is 420 g/mol. The number of hydrogen-bond donors (Lipinski definition) is 1. The monoisotopic (exact) mass is 448 g/mol. The first-order chi connectivity index (χ1) is 15.6. The lowest BCUT2D eigenvalue weighted by Gasteiger charge is -2.32. The molecule has 0 spiro atoms. The maximum Gasteiger partial charge on any atom is 0.234 e. The van der Waals surface area contributed by atoms with Gasteiger partial charge < -0.3 is 5.32 Å². The average molecular weight is 449 g/mol.